The number of rotatable bonds is 4. The van der Waals surface area contributed by atoms with Crippen LogP contribution in [0, 0.1) is 5.82 Å². The molecule has 1 saturated heterocycles. The normalized spacial score (nSPS) is 15.0. The fraction of sp³-hybridized carbons (Fsp3) is 0.368. The Kier molecular flexibility index (Phi) is 5.24. The molecule has 1 aliphatic heterocycles. The first kappa shape index (κ1) is 17.8. The van der Waals surface area contributed by atoms with Gasteiger partial charge in [-0.3, -0.25) is 0 Å². The molecule has 0 atom stereocenters. The molecule has 3 heterocycles. The van der Waals surface area contributed by atoms with Crippen molar-refractivity contribution in [2.24, 2.45) is 0 Å². The lowest BCUT2D eigenvalue weighted by Crippen LogP contribution is -2.31. The second-order valence-corrected chi connectivity index (χ2v) is 7.19. The first-order valence-corrected chi connectivity index (χ1v) is 9.92. The molecule has 0 aliphatic carbocycles. The van der Waals surface area contributed by atoms with Crippen LogP contribution in [-0.2, 0) is 6.42 Å². The molecule has 1 aromatic carbocycles. The second-order valence-electron chi connectivity index (χ2n) is 6.46. The van der Waals surface area contributed by atoms with Gasteiger partial charge >= 0.3 is 0 Å². The zero-order valence-corrected chi connectivity index (χ0v) is 16.0. The number of nitrogens with zero attached hydrogens (tertiary/aromatic N) is 6. The molecule has 3 aromatic rings. The van der Waals surface area contributed by atoms with Gasteiger partial charge in [0, 0.05) is 49.7 Å². The van der Waals surface area contributed by atoms with Crippen LogP contribution in [0.25, 0.3) is 11.3 Å². The van der Waals surface area contributed by atoms with E-state index in [0.717, 1.165) is 67.1 Å². The fourth-order valence-corrected chi connectivity index (χ4v) is 3.92. The number of benzene rings is 1. The Labute approximate surface area is 161 Å². The van der Waals surface area contributed by atoms with Gasteiger partial charge in [0.2, 0.25) is 5.13 Å². The molecule has 0 bridgehead atoms. The van der Waals surface area contributed by atoms with Crippen LogP contribution in [0.5, 0.6) is 0 Å². The summed E-state index contributed by atoms with van der Waals surface area (Å²) in [6.07, 6.45) is 1.90. The van der Waals surface area contributed by atoms with Crippen LogP contribution < -0.4 is 9.80 Å². The predicted octanol–water partition coefficient (Wildman–Crippen LogP) is 3.41. The van der Waals surface area contributed by atoms with Gasteiger partial charge in [-0.25, -0.2) is 9.37 Å². The van der Waals surface area contributed by atoms with E-state index in [4.69, 9.17) is 0 Å². The molecule has 1 aliphatic rings. The van der Waals surface area contributed by atoms with Crippen molar-refractivity contribution in [3.8, 4) is 11.3 Å². The van der Waals surface area contributed by atoms with Crippen molar-refractivity contribution in [2.45, 2.75) is 19.8 Å². The largest absolute Gasteiger partial charge is 0.353 e. The van der Waals surface area contributed by atoms with Gasteiger partial charge in [0.15, 0.2) is 5.82 Å². The third-order valence-corrected chi connectivity index (χ3v) is 5.47. The Bertz CT molecular complexity index is 880. The van der Waals surface area contributed by atoms with Crippen molar-refractivity contribution in [2.75, 3.05) is 36.0 Å². The number of halogens is 1. The molecule has 4 rings (SSSR count). The van der Waals surface area contributed by atoms with Crippen molar-refractivity contribution in [3.63, 3.8) is 0 Å². The lowest BCUT2D eigenvalue weighted by molar-refractivity contribution is 0.628. The SMILES string of the molecule is CCc1nsc(N2CCCN(c3ccc(-c4ccc(F)cc4)nn3)CC2)n1. The Morgan fingerprint density at radius 3 is 2.44 bits per heavy atom. The van der Waals surface area contributed by atoms with E-state index in [-0.39, 0.29) is 5.82 Å². The van der Waals surface area contributed by atoms with Crippen molar-refractivity contribution in [1.29, 1.82) is 0 Å². The molecule has 140 valence electrons. The quantitative estimate of drug-likeness (QED) is 0.687. The highest BCUT2D eigenvalue weighted by molar-refractivity contribution is 7.09. The summed E-state index contributed by atoms with van der Waals surface area (Å²) in [5.74, 6) is 1.53. The van der Waals surface area contributed by atoms with E-state index in [1.54, 1.807) is 12.1 Å². The highest BCUT2D eigenvalue weighted by Gasteiger charge is 2.19. The molecule has 27 heavy (non-hydrogen) atoms. The van der Waals surface area contributed by atoms with Gasteiger partial charge in [-0.2, -0.15) is 4.37 Å². The first-order chi connectivity index (χ1) is 13.2. The highest BCUT2D eigenvalue weighted by Crippen LogP contribution is 2.22. The first-order valence-electron chi connectivity index (χ1n) is 9.15. The van der Waals surface area contributed by atoms with Crippen molar-refractivity contribution >= 4 is 22.5 Å². The van der Waals surface area contributed by atoms with Gasteiger partial charge in [-0.1, -0.05) is 6.92 Å². The standard InChI is InChI=1S/C19H21FN6S/c1-2-17-21-19(27-24-17)26-11-3-10-25(12-13-26)18-9-8-16(22-23-18)14-4-6-15(20)7-5-14/h4-9H,2-3,10-13H2,1H3. The number of aryl methyl sites for hydroxylation is 1. The molecule has 0 saturated carbocycles. The highest BCUT2D eigenvalue weighted by atomic mass is 32.1. The fourth-order valence-electron chi connectivity index (χ4n) is 3.12. The molecule has 0 radical (unpaired) electrons. The molecule has 0 unspecified atom stereocenters. The number of anilines is 2. The summed E-state index contributed by atoms with van der Waals surface area (Å²) in [4.78, 5) is 9.16. The molecule has 0 spiro atoms. The molecule has 6 nitrogen and oxygen atoms in total. The molecule has 1 fully saturated rings. The summed E-state index contributed by atoms with van der Waals surface area (Å²) in [5.41, 5.74) is 1.61. The van der Waals surface area contributed by atoms with Gasteiger partial charge in [0.25, 0.3) is 0 Å². The van der Waals surface area contributed by atoms with Crippen LogP contribution in [-0.4, -0.2) is 45.7 Å². The van der Waals surface area contributed by atoms with E-state index in [1.807, 2.05) is 12.1 Å². The molecule has 0 amide bonds. The van der Waals surface area contributed by atoms with E-state index in [2.05, 4.69) is 36.3 Å². The number of hydrogen-bond acceptors (Lipinski definition) is 7. The van der Waals surface area contributed by atoms with Crippen LogP contribution in [0.3, 0.4) is 0 Å². The minimum atomic E-state index is -0.251. The van der Waals surface area contributed by atoms with Gasteiger partial charge in [0.05, 0.1) is 5.69 Å². The van der Waals surface area contributed by atoms with E-state index in [1.165, 1.54) is 23.7 Å². The molecule has 2 aromatic heterocycles. The third kappa shape index (κ3) is 4.05. The van der Waals surface area contributed by atoms with Crippen molar-refractivity contribution in [3.05, 3.63) is 48.0 Å². The Balaban J connectivity index is 1.43. The maximum atomic E-state index is 13.1. The number of aromatic nitrogens is 4. The molecule has 8 heteroatoms. The Hall–Kier alpha value is -2.61. The van der Waals surface area contributed by atoms with Crippen LogP contribution in [0.15, 0.2) is 36.4 Å². The van der Waals surface area contributed by atoms with Gasteiger partial charge in [-0.15, -0.1) is 10.2 Å². The minimum Gasteiger partial charge on any atom is -0.353 e. The van der Waals surface area contributed by atoms with Crippen molar-refractivity contribution in [1.82, 2.24) is 19.6 Å². The van der Waals surface area contributed by atoms with Gasteiger partial charge < -0.3 is 9.80 Å². The lowest BCUT2D eigenvalue weighted by atomic mass is 10.1. The number of hydrogen-bond donors (Lipinski definition) is 0. The Morgan fingerprint density at radius 2 is 1.74 bits per heavy atom. The van der Waals surface area contributed by atoms with E-state index >= 15 is 0 Å². The average molecular weight is 384 g/mol. The lowest BCUT2D eigenvalue weighted by Gasteiger charge is -2.22. The van der Waals surface area contributed by atoms with Gasteiger partial charge in [0.1, 0.15) is 11.6 Å². The summed E-state index contributed by atoms with van der Waals surface area (Å²) >= 11 is 1.48. The third-order valence-electron chi connectivity index (χ3n) is 4.65. The zero-order chi connectivity index (χ0) is 18.6. The van der Waals surface area contributed by atoms with Crippen molar-refractivity contribution < 1.29 is 4.39 Å². The second kappa shape index (κ2) is 7.96. The van der Waals surface area contributed by atoms with Crippen LogP contribution in [0.2, 0.25) is 0 Å². The maximum absolute atomic E-state index is 13.1. The van der Waals surface area contributed by atoms with E-state index < -0.39 is 0 Å². The van der Waals surface area contributed by atoms with E-state index in [0.29, 0.717) is 0 Å². The van der Waals surface area contributed by atoms with E-state index in [9.17, 15) is 4.39 Å². The summed E-state index contributed by atoms with van der Waals surface area (Å²) in [6.45, 7) is 5.73. The summed E-state index contributed by atoms with van der Waals surface area (Å²) in [7, 11) is 0. The monoisotopic (exact) mass is 384 g/mol. The molecule has 0 N–H and O–H groups in total. The Morgan fingerprint density at radius 1 is 0.963 bits per heavy atom. The molecular weight excluding hydrogens is 363 g/mol. The smallest absolute Gasteiger partial charge is 0.205 e. The summed E-state index contributed by atoms with van der Waals surface area (Å²) in [6, 6.07) is 10.2. The van der Waals surface area contributed by atoms with Crippen LogP contribution in [0.4, 0.5) is 15.3 Å². The topological polar surface area (TPSA) is 58.0 Å². The van der Waals surface area contributed by atoms with Crippen LogP contribution in [0.1, 0.15) is 19.2 Å². The van der Waals surface area contributed by atoms with Gasteiger partial charge in [-0.05, 0) is 42.8 Å². The summed E-state index contributed by atoms with van der Waals surface area (Å²) < 4.78 is 17.5. The average Bonchev–Trinajstić information content (AvgIpc) is 3.06. The van der Waals surface area contributed by atoms with Crippen LogP contribution >= 0.6 is 11.5 Å². The molecular formula is C19H21FN6S. The zero-order valence-electron chi connectivity index (χ0n) is 15.2. The maximum Gasteiger partial charge on any atom is 0.205 e. The predicted molar refractivity (Wildman–Crippen MR) is 106 cm³/mol. The summed E-state index contributed by atoms with van der Waals surface area (Å²) in [5, 5.41) is 9.73. The minimum absolute atomic E-state index is 0.251.